The van der Waals surface area contributed by atoms with Crippen molar-refractivity contribution in [3.8, 4) is 0 Å². The summed E-state index contributed by atoms with van der Waals surface area (Å²) in [7, 11) is 1.54. The van der Waals surface area contributed by atoms with Crippen LogP contribution < -0.4 is 5.32 Å². The summed E-state index contributed by atoms with van der Waals surface area (Å²) in [5.74, 6) is 1.83. The number of amides is 1. The predicted molar refractivity (Wildman–Crippen MR) is 72.9 cm³/mol. The van der Waals surface area contributed by atoms with Gasteiger partial charge in [0.1, 0.15) is 17.6 Å². The van der Waals surface area contributed by atoms with Gasteiger partial charge in [-0.2, -0.15) is 0 Å². The summed E-state index contributed by atoms with van der Waals surface area (Å²) >= 11 is 0. The van der Waals surface area contributed by atoms with Gasteiger partial charge in [-0.15, -0.1) is 0 Å². The zero-order chi connectivity index (χ0) is 14.2. The molecule has 0 bridgehead atoms. The van der Waals surface area contributed by atoms with Crippen LogP contribution in [0.2, 0.25) is 0 Å². The Bertz CT molecular complexity index is 476. The van der Waals surface area contributed by atoms with Gasteiger partial charge in [-0.25, -0.2) is 0 Å². The topological polar surface area (TPSA) is 51.5 Å². The number of carbonyl (C=O) groups excluding carboxylic acids is 1. The first kappa shape index (κ1) is 14.1. The molecule has 19 heavy (non-hydrogen) atoms. The minimum atomic E-state index is -0.429. The van der Waals surface area contributed by atoms with Crippen LogP contribution in [0.4, 0.5) is 0 Å². The van der Waals surface area contributed by atoms with E-state index in [2.05, 4.69) is 19.2 Å². The van der Waals surface area contributed by atoms with Gasteiger partial charge in [-0.1, -0.05) is 13.8 Å². The van der Waals surface area contributed by atoms with E-state index < -0.39 is 6.10 Å². The van der Waals surface area contributed by atoms with Crippen molar-refractivity contribution in [3.63, 3.8) is 0 Å². The van der Waals surface area contributed by atoms with Crippen LogP contribution in [0.15, 0.2) is 10.5 Å². The van der Waals surface area contributed by atoms with E-state index >= 15 is 0 Å². The maximum Gasteiger partial charge on any atom is 0.249 e. The van der Waals surface area contributed by atoms with Crippen LogP contribution in [0, 0.1) is 12.3 Å². The molecular weight excluding hydrogens is 242 g/mol. The monoisotopic (exact) mass is 265 g/mol. The van der Waals surface area contributed by atoms with E-state index in [9.17, 15) is 4.79 Å². The summed E-state index contributed by atoms with van der Waals surface area (Å²) in [6, 6.07) is 2.05. The van der Waals surface area contributed by atoms with E-state index in [1.807, 2.05) is 13.0 Å². The molecule has 0 saturated heterocycles. The molecule has 1 aromatic rings. The maximum absolute atomic E-state index is 12.0. The smallest absolute Gasteiger partial charge is 0.249 e. The molecule has 106 valence electrons. The molecule has 2 unspecified atom stereocenters. The van der Waals surface area contributed by atoms with Crippen molar-refractivity contribution < 1.29 is 13.9 Å². The number of furan rings is 1. The van der Waals surface area contributed by atoms with Gasteiger partial charge in [0.05, 0.1) is 6.04 Å². The number of ether oxygens (including phenoxy) is 1. The van der Waals surface area contributed by atoms with E-state index in [-0.39, 0.29) is 17.4 Å². The van der Waals surface area contributed by atoms with Crippen LogP contribution in [-0.2, 0) is 16.0 Å². The molecule has 2 rings (SSSR count). The van der Waals surface area contributed by atoms with Crippen LogP contribution in [-0.4, -0.2) is 19.1 Å². The second kappa shape index (κ2) is 5.00. The summed E-state index contributed by atoms with van der Waals surface area (Å²) in [5, 5.41) is 3.07. The molecule has 1 N–H and O–H groups in total. The SMILES string of the molecule is COC(C)C(=O)NC1CC(C)(C)Cc2oc(C)cc21. The standard InChI is InChI=1S/C15H23NO3/c1-9-6-11-12(16-14(17)10(2)18-5)7-15(3,4)8-13(11)19-9/h6,10,12H,7-8H2,1-5H3,(H,16,17). The first-order valence-electron chi connectivity index (χ1n) is 6.75. The van der Waals surface area contributed by atoms with Gasteiger partial charge in [0.15, 0.2) is 0 Å². The van der Waals surface area contributed by atoms with Crippen molar-refractivity contribution in [1.82, 2.24) is 5.32 Å². The minimum absolute atomic E-state index is 0.0151. The molecule has 2 atom stereocenters. The molecule has 0 spiro atoms. The zero-order valence-electron chi connectivity index (χ0n) is 12.4. The van der Waals surface area contributed by atoms with Gasteiger partial charge in [0, 0.05) is 19.1 Å². The molecule has 1 aliphatic carbocycles. The van der Waals surface area contributed by atoms with E-state index in [0.29, 0.717) is 0 Å². The fourth-order valence-corrected chi connectivity index (χ4v) is 2.71. The molecule has 0 radical (unpaired) electrons. The number of nitrogens with one attached hydrogen (secondary N) is 1. The van der Waals surface area contributed by atoms with E-state index in [0.717, 1.165) is 29.9 Å². The number of hydrogen-bond acceptors (Lipinski definition) is 3. The van der Waals surface area contributed by atoms with Crippen LogP contribution in [0.1, 0.15) is 50.3 Å². The summed E-state index contributed by atoms with van der Waals surface area (Å²) < 4.78 is 10.8. The van der Waals surface area contributed by atoms with Crippen molar-refractivity contribution >= 4 is 5.91 Å². The van der Waals surface area contributed by atoms with Crippen molar-refractivity contribution in [2.75, 3.05) is 7.11 Å². The molecule has 4 nitrogen and oxygen atoms in total. The summed E-state index contributed by atoms with van der Waals surface area (Å²) in [6.07, 6.45) is 1.41. The van der Waals surface area contributed by atoms with Gasteiger partial charge < -0.3 is 14.5 Å². The van der Waals surface area contributed by atoms with Crippen LogP contribution in [0.25, 0.3) is 0 Å². The summed E-state index contributed by atoms with van der Waals surface area (Å²) in [4.78, 5) is 12.0. The summed E-state index contributed by atoms with van der Waals surface area (Å²) in [5.41, 5.74) is 1.25. The Balaban J connectivity index is 2.22. The lowest BCUT2D eigenvalue weighted by Gasteiger charge is -2.35. The highest BCUT2D eigenvalue weighted by Crippen LogP contribution is 2.41. The fourth-order valence-electron chi connectivity index (χ4n) is 2.71. The Morgan fingerprint density at radius 2 is 2.26 bits per heavy atom. The van der Waals surface area contributed by atoms with Gasteiger partial charge in [-0.3, -0.25) is 4.79 Å². The number of fused-ring (bicyclic) bond motifs is 1. The molecule has 1 amide bonds. The average molecular weight is 265 g/mol. The second-order valence-corrected chi connectivity index (χ2v) is 6.22. The van der Waals surface area contributed by atoms with Gasteiger partial charge in [0.25, 0.3) is 0 Å². The van der Waals surface area contributed by atoms with Crippen LogP contribution in [0.5, 0.6) is 0 Å². The Hall–Kier alpha value is -1.29. The Morgan fingerprint density at radius 3 is 2.89 bits per heavy atom. The third-order valence-corrected chi connectivity index (χ3v) is 3.78. The molecule has 1 aromatic heterocycles. The summed E-state index contributed by atoms with van der Waals surface area (Å²) in [6.45, 7) is 8.10. The zero-order valence-corrected chi connectivity index (χ0v) is 12.4. The lowest BCUT2D eigenvalue weighted by molar-refractivity contribution is -0.131. The minimum Gasteiger partial charge on any atom is -0.466 e. The molecule has 1 heterocycles. The van der Waals surface area contributed by atoms with Crippen molar-refractivity contribution in [2.45, 2.75) is 52.7 Å². The van der Waals surface area contributed by atoms with E-state index in [4.69, 9.17) is 9.15 Å². The molecule has 4 heteroatoms. The Morgan fingerprint density at radius 1 is 1.58 bits per heavy atom. The Kier molecular flexibility index (Phi) is 3.72. The first-order chi connectivity index (χ1) is 8.82. The van der Waals surface area contributed by atoms with Crippen molar-refractivity contribution in [3.05, 3.63) is 23.2 Å². The van der Waals surface area contributed by atoms with E-state index in [1.54, 1.807) is 14.0 Å². The predicted octanol–water partition coefficient (Wildman–Crippen LogP) is 2.75. The number of methoxy groups -OCH3 is 1. The van der Waals surface area contributed by atoms with Gasteiger partial charge in [-0.05, 0) is 31.7 Å². The molecule has 0 aromatic carbocycles. The number of rotatable bonds is 3. The number of carbonyl (C=O) groups is 1. The largest absolute Gasteiger partial charge is 0.466 e. The third kappa shape index (κ3) is 3.00. The van der Waals surface area contributed by atoms with Gasteiger partial charge >= 0.3 is 0 Å². The molecule has 0 aliphatic heterocycles. The first-order valence-corrected chi connectivity index (χ1v) is 6.75. The van der Waals surface area contributed by atoms with Crippen molar-refractivity contribution in [2.24, 2.45) is 5.41 Å². The maximum atomic E-state index is 12.0. The third-order valence-electron chi connectivity index (χ3n) is 3.78. The normalized spacial score (nSPS) is 22.7. The van der Waals surface area contributed by atoms with E-state index in [1.165, 1.54) is 0 Å². The van der Waals surface area contributed by atoms with Crippen molar-refractivity contribution in [1.29, 1.82) is 0 Å². The second-order valence-electron chi connectivity index (χ2n) is 6.22. The molecule has 1 aliphatic rings. The average Bonchev–Trinajstić information content (AvgIpc) is 2.66. The van der Waals surface area contributed by atoms with Gasteiger partial charge in [0.2, 0.25) is 5.91 Å². The lowest BCUT2D eigenvalue weighted by Crippen LogP contribution is -2.40. The highest BCUT2D eigenvalue weighted by atomic mass is 16.5. The quantitative estimate of drug-likeness (QED) is 0.914. The highest BCUT2D eigenvalue weighted by Gasteiger charge is 2.36. The highest BCUT2D eigenvalue weighted by molar-refractivity contribution is 5.80. The molecule has 0 fully saturated rings. The molecule has 0 saturated carbocycles. The lowest BCUT2D eigenvalue weighted by atomic mass is 9.74. The molecular formula is C15H23NO3. The Labute approximate surface area is 114 Å². The number of hydrogen-bond donors (Lipinski definition) is 1. The van der Waals surface area contributed by atoms with Crippen LogP contribution in [0.3, 0.4) is 0 Å². The van der Waals surface area contributed by atoms with Crippen LogP contribution >= 0.6 is 0 Å². The number of aryl methyl sites for hydroxylation is 1. The fraction of sp³-hybridized carbons (Fsp3) is 0.667.